The Morgan fingerprint density at radius 2 is 2.05 bits per heavy atom. The van der Waals surface area contributed by atoms with E-state index in [1.54, 1.807) is 12.1 Å². The normalized spacial score (nSPS) is 10.4. The number of aryl methyl sites for hydroxylation is 1. The highest BCUT2D eigenvalue weighted by atomic mass is 16.3. The van der Waals surface area contributed by atoms with Crippen molar-refractivity contribution in [2.75, 3.05) is 5.43 Å². The Hall–Kier alpha value is -2.82. The first-order chi connectivity index (χ1) is 9.74. The van der Waals surface area contributed by atoms with Gasteiger partial charge in [-0.1, -0.05) is 18.2 Å². The molecule has 100 valence electrons. The first-order valence-electron chi connectivity index (χ1n) is 6.20. The van der Waals surface area contributed by atoms with Gasteiger partial charge in [0.15, 0.2) is 5.76 Å². The van der Waals surface area contributed by atoms with Crippen molar-refractivity contribution in [2.24, 2.45) is 0 Å². The molecule has 0 saturated heterocycles. The topological polar surface area (TPSA) is 67.2 Å². The van der Waals surface area contributed by atoms with E-state index in [2.05, 4.69) is 15.8 Å². The van der Waals surface area contributed by atoms with E-state index in [-0.39, 0.29) is 11.7 Å². The number of nitrogens with one attached hydrogen (secondary N) is 2. The van der Waals surface area contributed by atoms with Gasteiger partial charge in [-0.15, -0.1) is 0 Å². The number of hydrogen-bond donors (Lipinski definition) is 2. The second-order valence-electron chi connectivity index (χ2n) is 4.40. The largest absolute Gasteiger partial charge is 0.459 e. The van der Waals surface area contributed by atoms with Gasteiger partial charge in [0.1, 0.15) is 5.82 Å². The van der Waals surface area contributed by atoms with Crippen LogP contribution in [0, 0.1) is 6.92 Å². The number of fused-ring (bicyclic) bond motifs is 1. The Morgan fingerprint density at radius 1 is 1.20 bits per heavy atom. The third-order valence-electron chi connectivity index (χ3n) is 2.97. The second-order valence-corrected chi connectivity index (χ2v) is 4.40. The highest BCUT2D eigenvalue weighted by molar-refractivity contribution is 5.92. The van der Waals surface area contributed by atoms with Gasteiger partial charge in [0, 0.05) is 5.39 Å². The third kappa shape index (κ3) is 2.33. The Kier molecular flexibility index (Phi) is 3.09. The summed E-state index contributed by atoms with van der Waals surface area (Å²) in [4.78, 5) is 16.2. The fourth-order valence-electron chi connectivity index (χ4n) is 2.00. The molecule has 2 heterocycles. The van der Waals surface area contributed by atoms with Crippen LogP contribution in [0.15, 0.2) is 53.1 Å². The van der Waals surface area contributed by atoms with E-state index in [1.165, 1.54) is 6.26 Å². The maximum absolute atomic E-state index is 11.7. The number of pyridine rings is 1. The number of hydrogen-bond acceptors (Lipinski definition) is 4. The van der Waals surface area contributed by atoms with Crippen LogP contribution in [0.3, 0.4) is 0 Å². The quantitative estimate of drug-likeness (QED) is 0.716. The number of rotatable bonds is 3. The highest BCUT2D eigenvalue weighted by Crippen LogP contribution is 2.19. The summed E-state index contributed by atoms with van der Waals surface area (Å²) < 4.78 is 5.01. The molecule has 0 radical (unpaired) electrons. The average Bonchev–Trinajstić information content (AvgIpc) is 2.99. The number of anilines is 1. The van der Waals surface area contributed by atoms with Gasteiger partial charge in [-0.25, -0.2) is 4.98 Å². The molecule has 0 saturated carbocycles. The van der Waals surface area contributed by atoms with Crippen LogP contribution in [0.2, 0.25) is 0 Å². The average molecular weight is 267 g/mol. The van der Waals surface area contributed by atoms with E-state index in [0.29, 0.717) is 5.82 Å². The second kappa shape index (κ2) is 5.05. The van der Waals surface area contributed by atoms with Crippen molar-refractivity contribution in [3.05, 3.63) is 60.1 Å². The molecule has 0 fully saturated rings. The molecule has 1 aromatic carbocycles. The number of benzene rings is 1. The van der Waals surface area contributed by atoms with E-state index in [4.69, 9.17) is 4.42 Å². The standard InChI is InChI=1S/C15H13N3O2/c1-10-9-14(16-12-6-3-2-5-11(10)12)17-18-15(19)13-7-4-8-20-13/h2-9H,1H3,(H,16,17)(H,18,19). The van der Waals surface area contributed by atoms with Crippen molar-refractivity contribution in [1.82, 2.24) is 10.4 Å². The van der Waals surface area contributed by atoms with Gasteiger partial charge in [0.2, 0.25) is 0 Å². The molecule has 0 unspecified atom stereocenters. The van der Waals surface area contributed by atoms with E-state index in [9.17, 15) is 4.79 Å². The Balaban J connectivity index is 1.79. The maximum Gasteiger partial charge on any atom is 0.305 e. The van der Waals surface area contributed by atoms with E-state index < -0.39 is 0 Å². The number of furan rings is 1. The molecule has 20 heavy (non-hydrogen) atoms. The summed E-state index contributed by atoms with van der Waals surface area (Å²) in [6.07, 6.45) is 1.45. The van der Waals surface area contributed by atoms with Crippen molar-refractivity contribution in [3.63, 3.8) is 0 Å². The van der Waals surface area contributed by atoms with Crippen molar-refractivity contribution >= 4 is 22.6 Å². The summed E-state index contributed by atoms with van der Waals surface area (Å²) in [7, 11) is 0. The smallest absolute Gasteiger partial charge is 0.305 e. The number of para-hydroxylation sites is 1. The number of hydrazine groups is 1. The summed E-state index contributed by atoms with van der Waals surface area (Å²) in [5, 5.41) is 1.09. The lowest BCUT2D eigenvalue weighted by molar-refractivity contribution is 0.0935. The molecule has 3 rings (SSSR count). The predicted octanol–water partition coefficient (Wildman–Crippen LogP) is 2.89. The molecule has 2 aromatic heterocycles. The monoisotopic (exact) mass is 267 g/mol. The number of carbonyl (C=O) groups excluding carboxylic acids is 1. The Morgan fingerprint density at radius 3 is 2.85 bits per heavy atom. The molecule has 0 spiro atoms. The summed E-state index contributed by atoms with van der Waals surface area (Å²) in [6.45, 7) is 2.00. The Bertz CT molecular complexity index is 751. The van der Waals surface area contributed by atoms with Crippen LogP contribution in [0.25, 0.3) is 10.9 Å². The molecule has 0 bridgehead atoms. The third-order valence-corrected chi connectivity index (χ3v) is 2.97. The Labute approximate surface area is 115 Å². The number of nitrogens with zero attached hydrogens (tertiary/aromatic N) is 1. The zero-order chi connectivity index (χ0) is 13.9. The van der Waals surface area contributed by atoms with Crippen LogP contribution in [0.5, 0.6) is 0 Å². The molecule has 1 amide bonds. The van der Waals surface area contributed by atoms with Gasteiger partial charge >= 0.3 is 5.91 Å². The summed E-state index contributed by atoms with van der Waals surface area (Å²) in [5.74, 6) is 0.485. The predicted molar refractivity (Wildman–Crippen MR) is 76.3 cm³/mol. The molecule has 5 heteroatoms. The number of amides is 1. The SMILES string of the molecule is Cc1cc(NNC(=O)c2ccco2)nc2ccccc12. The minimum atomic E-state index is -0.345. The lowest BCUT2D eigenvalue weighted by Crippen LogP contribution is -2.29. The minimum Gasteiger partial charge on any atom is -0.459 e. The van der Waals surface area contributed by atoms with Crippen LogP contribution >= 0.6 is 0 Å². The zero-order valence-electron chi connectivity index (χ0n) is 10.9. The number of carbonyl (C=O) groups is 1. The first-order valence-corrected chi connectivity index (χ1v) is 6.20. The lowest BCUT2D eigenvalue weighted by Gasteiger charge is -2.09. The molecule has 0 aliphatic carbocycles. The van der Waals surface area contributed by atoms with Crippen LogP contribution in [-0.4, -0.2) is 10.9 Å². The van der Waals surface area contributed by atoms with Crippen molar-refractivity contribution in [1.29, 1.82) is 0 Å². The van der Waals surface area contributed by atoms with Gasteiger partial charge in [0.25, 0.3) is 0 Å². The summed E-state index contributed by atoms with van der Waals surface area (Å²) in [6, 6.07) is 13.0. The molecular formula is C15H13N3O2. The fourth-order valence-corrected chi connectivity index (χ4v) is 2.00. The van der Waals surface area contributed by atoms with Crippen LogP contribution in [0.4, 0.5) is 5.82 Å². The molecule has 0 atom stereocenters. The maximum atomic E-state index is 11.7. The van der Waals surface area contributed by atoms with Crippen molar-refractivity contribution in [3.8, 4) is 0 Å². The number of aromatic nitrogens is 1. The molecule has 0 aliphatic heterocycles. The molecule has 0 aliphatic rings. The zero-order valence-corrected chi connectivity index (χ0v) is 10.9. The molecule has 5 nitrogen and oxygen atoms in total. The van der Waals surface area contributed by atoms with Crippen LogP contribution in [-0.2, 0) is 0 Å². The lowest BCUT2D eigenvalue weighted by atomic mass is 10.1. The van der Waals surface area contributed by atoms with Gasteiger partial charge in [-0.3, -0.25) is 15.6 Å². The first kappa shape index (κ1) is 12.2. The molecule has 2 N–H and O–H groups in total. The van der Waals surface area contributed by atoms with Crippen molar-refractivity contribution in [2.45, 2.75) is 6.92 Å². The molecular weight excluding hydrogens is 254 g/mol. The minimum absolute atomic E-state index is 0.245. The van der Waals surface area contributed by atoms with E-state index in [1.807, 2.05) is 37.3 Å². The molecule has 3 aromatic rings. The summed E-state index contributed by atoms with van der Waals surface area (Å²) >= 11 is 0. The van der Waals surface area contributed by atoms with Gasteiger partial charge in [-0.05, 0) is 36.8 Å². The highest BCUT2D eigenvalue weighted by Gasteiger charge is 2.08. The van der Waals surface area contributed by atoms with Crippen LogP contribution in [0.1, 0.15) is 16.1 Å². The van der Waals surface area contributed by atoms with E-state index in [0.717, 1.165) is 16.5 Å². The van der Waals surface area contributed by atoms with Gasteiger partial charge < -0.3 is 4.42 Å². The summed E-state index contributed by atoms with van der Waals surface area (Å²) in [5.41, 5.74) is 7.31. The van der Waals surface area contributed by atoms with Gasteiger partial charge in [-0.2, -0.15) is 0 Å². The van der Waals surface area contributed by atoms with E-state index >= 15 is 0 Å². The fraction of sp³-hybridized carbons (Fsp3) is 0.0667. The van der Waals surface area contributed by atoms with Crippen molar-refractivity contribution < 1.29 is 9.21 Å². The van der Waals surface area contributed by atoms with Gasteiger partial charge in [0.05, 0.1) is 11.8 Å². The van der Waals surface area contributed by atoms with Crippen LogP contribution < -0.4 is 10.9 Å².